The van der Waals surface area contributed by atoms with E-state index >= 15 is 0 Å². The van der Waals surface area contributed by atoms with Gasteiger partial charge in [0.05, 0.1) is 69.8 Å². The van der Waals surface area contributed by atoms with Crippen molar-refractivity contribution in [2.75, 3.05) is 5.32 Å². The highest BCUT2D eigenvalue weighted by Crippen LogP contribution is 2.27. The molecule has 0 amide bonds. The van der Waals surface area contributed by atoms with Gasteiger partial charge >= 0.3 is 7.12 Å². The summed E-state index contributed by atoms with van der Waals surface area (Å²) in [5.74, 6) is 4.39. The Hall–Kier alpha value is -8.18. The molecule has 11 rings (SSSR count). The van der Waals surface area contributed by atoms with E-state index in [-0.39, 0.29) is 23.4 Å². The Bertz CT molecular complexity index is 3180. The molecule has 384 valence electrons. The number of nitrogens with zero attached hydrogens (tertiary/aromatic N) is 12. The Morgan fingerprint density at radius 1 is 0.440 bits per heavy atom. The van der Waals surface area contributed by atoms with Gasteiger partial charge in [0, 0.05) is 45.7 Å². The first-order chi connectivity index (χ1) is 35.7. The zero-order valence-corrected chi connectivity index (χ0v) is 45.3. The molecule has 0 atom stereocenters. The van der Waals surface area contributed by atoms with Crippen LogP contribution in [0, 0.1) is 20.8 Å². The predicted molar refractivity (Wildman–Crippen MR) is 302 cm³/mol. The highest BCUT2D eigenvalue weighted by atomic mass is 15.5. The van der Waals surface area contributed by atoms with E-state index in [1.54, 1.807) is 12.4 Å². The van der Waals surface area contributed by atoms with Gasteiger partial charge in [0.25, 0.3) is 0 Å². The van der Waals surface area contributed by atoms with Crippen LogP contribution >= 0.6 is 0 Å². The topological polar surface area (TPSA) is 181 Å². The lowest BCUT2D eigenvalue weighted by atomic mass is 9.92. The summed E-state index contributed by atoms with van der Waals surface area (Å²) in [5.41, 5.74) is 12.4. The second-order valence-corrected chi connectivity index (χ2v) is 22.2. The quantitative estimate of drug-likeness (QED) is 0.0911. The average molecular weight is 1000 g/mol. The molecule has 0 saturated heterocycles. The van der Waals surface area contributed by atoms with Crippen molar-refractivity contribution in [3.05, 3.63) is 191 Å². The van der Waals surface area contributed by atoms with Crippen LogP contribution in [0.3, 0.4) is 0 Å². The monoisotopic (exact) mass is 1000 g/mol. The summed E-state index contributed by atoms with van der Waals surface area (Å²) in [4.78, 5) is 35.1. The van der Waals surface area contributed by atoms with Crippen molar-refractivity contribution in [1.82, 2.24) is 73.8 Å². The van der Waals surface area contributed by atoms with Gasteiger partial charge in [-0.1, -0.05) is 111 Å². The molecule has 0 spiro atoms. The molecular formula is C58H69BN16. The Morgan fingerprint density at radius 3 is 1.01 bits per heavy atom. The number of aryl methyl sites for hydroxylation is 3. The number of rotatable bonds is 11. The molecule has 0 fully saturated rings. The molecule has 0 aliphatic carbocycles. The molecule has 3 aromatic carbocycles. The Kier molecular flexibility index (Phi) is 14.7. The lowest BCUT2D eigenvalue weighted by molar-refractivity contribution is 0.232. The maximum atomic E-state index is 5.05. The van der Waals surface area contributed by atoms with Crippen molar-refractivity contribution < 1.29 is 0 Å². The van der Waals surface area contributed by atoms with E-state index in [1.807, 2.05) is 91.0 Å². The fourth-order valence-electron chi connectivity index (χ4n) is 8.62. The van der Waals surface area contributed by atoms with Gasteiger partial charge in [0.15, 0.2) is 0 Å². The number of para-hydroxylation sites is 6. The minimum Gasteiger partial charge on any atom is -0.341 e. The van der Waals surface area contributed by atoms with Crippen molar-refractivity contribution in [2.24, 2.45) is 0 Å². The van der Waals surface area contributed by atoms with E-state index in [0.29, 0.717) is 19.6 Å². The molecule has 16 nitrogen and oxygen atoms in total. The second kappa shape index (κ2) is 21.4. The number of hydrogen-bond donors (Lipinski definition) is 4. The van der Waals surface area contributed by atoms with Crippen LogP contribution in [0.4, 0.5) is 11.6 Å². The van der Waals surface area contributed by atoms with Crippen LogP contribution in [0.5, 0.6) is 0 Å². The smallest absolute Gasteiger partial charge is 0.341 e. The highest BCUT2D eigenvalue weighted by Gasteiger charge is 2.36. The van der Waals surface area contributed by atoms with Gasteiger partial charge in [-0.25, -0.2) is 24.9 Å². The summed E-state index contributed by atoms with van der Waals surface area (Å²) in [6.45, 7) is 28.1. The largest absolute Gasteiger partial charge is 0.569 e. The Balaban J connectivity index is 0.000000149. The molecule has 11 aromatic rings. The van der Waals surface area contributed by atoms with Gasteiger partial charge in [-0.15, -0.1) is 0 Å². The number of pyridine rings is 2. The summed E-state index contributed by atoms with van der Waals surface area (Å²) < 4.78 is 6.21. The number of anilines is 2. The van der Waals surface area contributed by atoms with Crippen molar-refractivity contribution in [3.63, 3.8) is 0 Å². The zero-order chi connectivity index (χ0) is 53.1. The Labute approximate surface area is 439 Å². The summed E-state index contributed by atoms with van der Waals surface area (Å²) in [7, 11) is -0.303. The van der Waals surface area contributed by atoms with E-state index in [1.165, 1.54) is 0 Å². The third-order valence-corrected chi connectivity index (χ3v) is 12.8. The standard InChI is InChI=1S/C24H39BN6.C24H21N7.C10H9N3/c1-16-13-19(22(4,5)6)26-29(16)25(30-17(2)14-20(27-30)23(7,8)9)31-18(3)15-21(28-31)24(10,11)12;1-2-8-17-16(7-1)25-22(26-17)13-31(14-23-27-18-9-3-4-10-19(18)28-23)15-24-29-20-11-5-6-12-21(20)30-24;1-3-7-11-9(5-1)13-10-6-2-4-8-12-10/h13-15H,1-12H3;1-12H,13-15H2,(H,25,26)(H,27,28)(H,29,30);1-8H,(H,11,12,13). The number of fused-ring (bicyclic) bond motifs is 3. The molecule has 4 N–H and O–H groups in total. The fourth-order valence-corrected chi connectivity index (χ4v) is 8.62. The lowest BCUT2D eigenvalue weighted by Gasteiger charge is -2.20. The van der Waals surface area contributed by atoms with E-state index in [9.17, 15) is 0 Å². The average Bonchev–Trinajstić information content (AvgIpc) is 4.24. The third-order valence-electron chi connectivity index (χ3n) is 12.8. The first-order valence-electron chi connectivity index (χ1n) is 25.6. The van der Waals surface area contributed by atoms with Crippen LogP contribution in [0.1, 0.15) is 114 Å². The molecule has 17 heteroatoms. The van der Waals surface area contributed by atoms with Gasteiger partial charge in [0.2, 0.25) is 0 Å². The van der Waals surface area contributed by atoms with Crippen molar-refractivity contribution in [2.45, 2.75) is 119 Å². The Morgan fingerprint density at radius 2 is 0.747 bits per heavy atom. The minimum atomic E-state index is -0.303. The first kappa shape index (κ1) is 51.7. The highest BCUT2D eigenvalue weighted by molar-refractivity contribution is 6.53. The van der Waals surface area contributed by atoms with Gasteiger partial charge in [-0.3, -0.25) is 18.7 Å². The normalized spacial score (nSPS) is 12.0. The van der Waals surface area contributed by atoms with E-state index in [2.05, 4.69) is 168 Å². The number of benzene rings is 3. The minimum absolute atomic E-state index is 0.0357. The molecule has 0 bridgehead atoms. The van der Waals surface area contributed by atoms with E-state index in [0.717, 1.165) is 96.4 Å². The van der Waals surface area contributed by atoms with Gasteiger partial charge in [-0.05, 0) is 99.6 Å². The van der Waals surface area contributed by atoms with E-state index in [4.69, 9.17) is 30.2 Å². The maximum absolute atomic E-state index is 5.05. The molecular weight excluding hydrogens is 932 g/mol. The summed E-state index contributed by atoms with van der Waals surface area (Å²) >= 11 is 0. The summed E-state index contributed by atoms with van der Waals surface area (Å²) in [6, 6.07) is 42.3. The number of H-pyrrole nitrogens is 3. The fraction of sp³-hybridized carbons (Fsp3) is 0.310. The molecule has 0 unspecified atom stereocenters. The number of nitrogens with one attached hydrogen (secondary N) is 4. The third kappa shape index (κ3) is 12.4. The van der Waals surface area contributed by atoms with Crippen LogP contribution in [0.15, 0.2) is 140 Å². The van der Waals surface area contributed by atoms with Crippen molar-refractivity contribution in [3.8, 4) is 0 Å². The predicted octanol–water partition coefficient (Wildman–Crippen LogP) is 11.8. The molecule has 0 radical (unpaired) electrons. The number of aromatic nitrogens is 14. The number of imidazole rings is 3. The summed E-state index contributed by atoms with van der Waals surface area (Å²) in [5, 5.41) is 18.2. The number of aromatic amines is 3. The second-order valence-electron chi connectivity index (χ2n) is 22.2. The van der Waals surface area contributed by atoms with Gasteiger partial charge in [0.1, 0.15) is 29.1 Å². The SMILES string of the molecule is Cc1cc(C(C)(C)C)nn1B(n1nc(C(C)(C)C)cc1C)n1nc(C(C)(C)C)cc1C.c1ccc(Nc2ccccn2)nc1.c1ccc2[nH]c(CN(Cc3nc4ccccc4[nH]3)Cc3nc4ccccc4[nH]3)nc2c1. The lowest BCUT2D eigenvalue weighted by Crippen LogP contribution is -2.46. The van der Waals surface area contributed by atoms with Crippen molar-refractivity contribution in [1.29, 1.82) is 0 Å². The first-order valence-corrected chi connectivity index (χ1v) is 25.6. The molecule has 0 aliphatic heterocycles. The van der Waals surface area contributed by atoms with E-state index < -0.39 is 0 Å². The van der Waals surface area contributed by atoms with Crippen LogP contribution in [-0.4, -0.2) is 81.0 Å². The zero-order valence-electron chi connectivity index (χ0n) is 45.3. The molecule has 0 aliphatic rings. The number of hydrogen-bond acceptors (Lipinski definition) is 10. The van der Waals surface area contributed by atoms with Crippen molar-refractivity contribution >= 4 is 51.9 Å². The molecule has 75 heavy (non-hydrogen) atoms. The maximum Gasteiger partial charge on any atom is 0.569 e. The van der Waals surface area contributed by atoms with Crippen LogP contribution < -0.4 is 5.32 Å². The summed E-state index contributed by atoms with van der Waals surface area (Å²) in [6.07, 6.45) is 3.48. The molecule has 0 saturated carbocycles. The van der Waals surface area contributed by atoms with Crippen LogP contribution in [0.2, 0.25) is 0 Å². The van der Waals surface area contributed by atoms with Crippen LogP contribution in [0.25, 0.3) is 33.1 Å². The van der Waals surface area contributed by atoms with Gasteiger partial charge in [-0.2, -0.15) is 15.3 Å². The molecule has 8 heterocycles. The van der Waals surface area contributed by atoms with Gasteiger partial charge < -0.3 is 20.3 Å². The van der Waals surface area contributed by atoms with Crippen LogP contribution in [-0.2, 0) is 35.9 Å². The molecule has 8 aromatic heterocycles.